The molecule has 0 atom stereocenters. The maximum atomic E-state index is 12.2. The normalized spacial score (nSPS) is 11.9. The van der Waals surface area contributed by atoms with Crippen LogP contribution in [-0.4, -0.2) is 0 Å². The quantitative estimate of drug-likeness (QED) is 0.575. The van der Waals surface area contributed by atoms with E-state index in [2.05, 4.69) is 33.8 Å². The summed E-state index contributed by atoms with van der Waals surface area (Å²) in [7, 11) is 0. The van der Waals surface area contributed by atoms with Gasteiger partial charge in [0, 0.05) is 5.56 Å². The van der Waals surface area contributed by atoms with Crippen LogP contribution in [0.25, 0.3) is 10.2 Å². The van der Waals surface area contributed by atoms with Gasteiger partial charge in [-0.2, -0.15) is 4.73 Å². The standard InChI is InChI=1S/C13H17NOS/c1-8(2)10-6-5-7-11-12(10)14(15)13(16-11)9(3)4/h5-9H,1-4H3. The molecule has 0 saturated carbocycles. The van der Waals surface area contributed by atoms with Gasteiger partial charge in [0.2, 0.25) is 5.52 Å². The first-order chi connectivity index (χ1) is 7.52. The molecular formula is C13H17NOS. The average Bonchev–Trinajstić information content (AvgIpc) is 2.56. The van der Waals surface area contributed by atoms with Crippen LogP contribution < -0.4 is 4.73 Å². The fourth-order valence-electron chi connectivity index (χ4n) is 1.92. The Morgan fingerprint density at radius 3 is 2.38 bits per heavy atom. The van der Waals surface area contributed by atoms with Gasteiger partial charge in [-0.15, -0.1) is 0 Å². The van der Waals surface area contributed by atoms with Crippen molar-refractivity contribution in [3.8, 4) is 0 Å². The van der Waals surface area contributed by atoms with Gasteiger partial charge in [0.1, 0.15) is 4.70 Å². The van der Waals surface area contributed by atoms with Gasteiger partial charge < -0.3 is 5.21 Å². The molecule has 0 bridgehead atoms. The van der Waals surface area contributed by atoms with Crippen LogP contribution in [0.15, 0.2) is 18.2 Å². The second-order valence-corrected chi connectivity index (χ2v) is 5.80. The third-order valence-corrected chi connectivity index (χ3v) is 4.16. The molecular weight excluding hydrogens is 218 g/mol. The fourth-order valence-corrected chi connectivity index (χ4v) is 3.00. The molecule has 1 aromatic carbocycles. The monoisotopic (exact) mass is 235 g/mol. The van der Waals surface area contributed by atoms with Crippen molar-refractivity contribution in [1.82, 2.24) is 0 Å². The Balaban J connectivity index is 2.77. The molecule has 0 saturated heterocycles. The number of para-hydroxylation sites is 1. The average molecular weight is 235 g/mol. The summed E-state index contributed by atoms with van der Waals surface area (Å²) < 4.78 is 2.23. The molecule has 0 amide bonds. The fraction of sp³-hybridized carbons (Fsp3) is 0.462. The molecule has 86 valence electrons. The predicted molar refractivity (Wildman–Crippen MR) is 69.0 cm³/mol. The van der Waals surface area contributed by atoms with Gasteiger partial charge >= 0.3 is 0 Å². The molecule has 0 fully saturated rings. The van der Waals surface area contributed by atoms with Crippen LogP contribution in [-0.2, 0) is 0 Å². The van der Waals surface area contributed by atoms with Gasteiger partial charge in [-0.1, -0.05) is 51.2 Å². The third-order valence-electron chi connectivity index (χ3n) is 2.76. The van der Waals surface area contributed by atoms with Crippen molar-refractivity contribution in [3.05, 3.63) is 34.0 Å². The van der Waals surface area contributed by atoms with Crippen molar-refractivity contribution in [2.75, 3.05) is 0 Å². The summed E-state index contributed by atoms with van der Waals surface area (Å²) >= 11 is 1.61. The molecule has 2 aromatic rings. The Kier molecular flexibility index (Phi) is 2.89. The highest BCUT2D eigenvalue weighted by atomic mass is 32.1. The summed E-state index contributed by atoms with van der Waals surface area (Å²) in [6, 6.07) is 6.13. The second-order valence-electron chi connectivity index (χ2n) is 4.74. The maximum Gasteiger partial charge on any atom is 0.252 e. The topological polar surface area (TPSA) is 26.9 Å². The van der Waals surface area contributed by atoms with Crippen LogP contribution in [0.3, 0.4) is 0 Å². The lowest BCUT2D eigenvalue weighted by Crippen LogP contribution is -2.30. The summed E-state index contributed by atoms with van der Waals surface area (Å²) in [5, 5.41) is 13.1. The minimum absolute atomic E-state index is 0.287. The Bertz CT molecular complexity index is 514. The first kappa shape index (κ1) is 11.4. The van der Waals surface area contributed by atoms with E-state index in [0.29, 0.717) is 5.92 Å². The van der Waals surface area contributed by atoms with Gasteiger partial charge in [0.25, 0.3) is 5.01 Å². The Morgan fingerprint density at radius 1 is 1.12 bits per heavy atom. The lowest BCUT2D eigenvalue weighted by molar-refractivity contribution is -0.582. The van der Waals surface area contributed by atoms with E-state index in [1.807, 2.05) is 12.1 Å². The molecule has 0 spiro atoms. The lowest BCUT2D eigenvalue weighted by Gasteiger charge is -2.06. The van der Waals surface area contributed by atoms with E-state index in [1.54, 1.807) is 11.3 Å². The SMILES string of the molecule is CC(C)c1cccc2sc(C(C)C)[n+]([O-])c12. The van der Waals surface area contributed by atoms with Gasteiger partial charge in [0.15, 0.2) is 0 Å². The zero-order valence-electron chi connectivity index (χ0n) is 10.2. The molecule has 1 aromatic heterocycles. The van der Waals surface area contributed by atoms with E-state index in [4.69, 9.17) is 0 Å². The predicted octanol–water partition coefficient (Wildman–Crippen LogP) is 3.78. The Morgan fingerprint density at radius 2 is 1.81 bits per heavy atom. The number of fused-ring (bicyclic) bond motifs is 1. The van der Waals surface area contributed by atoms with E-state index in [0.717, 1.165) is 25.5 Å². The highest BCUT2D eigenvalue weighted by Gasteiger charge is 2.22. The van der Waals surface area contributed by atoms with Gasteiger partial charge in [0.05, 0.1) is 5.92 Å². The Labute approximate surface area is 100 Å². The summed E-state index contributed by atoms with van der Waals surface area (Å²) in [5.41, 5.74) is 2.02. The summed E-state index contributed by atoms with van der Waals surface area (Å²) in [4.78, 5) is 0. The van der Waals surface area contributed by atoms with Gasteiger partial charge in [-0.3, -0.25) is 0 Å². The van der Waals surface area contributed by atoms with Crippen molar-refractivity contribution in [2.45, 2.75) is 39.5 Å². The van der Waals surface area contributed by atoms with Gasteiger partial charge in [-0.05, 0) is 12.0 Å². The molecule has 3 heteroatoms. The minimum Gasteiger partial charge on any atom is -0.617 e. The molecule has 16 heavy (non-hydrogen) atoms. The third kappa shape index (κ3) is 1.69. The van der Waals surface area contributed by atoms with Crippen LogP contribution in [0.1, 0.15) is 50.1 Å². The van der Waals surface area contributed by atoms with Crippen LogP contribution in [0.4, 0.5) is 0 Å². The van der Waals surface area contributed by atoms with Crippen molar-refractivity contribution < 1.29 is 4.73 Å². The molecule has 0 aliphatic carbocycles. The van der Waals surface area contributed by atoms with Crippen LogP contribution >= 0.6 is 11.3 Å². The van der Waals surface area contributed by atoms with Gasteiger partial charge in [-0.25, -0.2) is 0 Å². The zero-order valence-corrected chi connectivity index (χ0v) is 11.0. The lowest BCUT2D eigenvalue weighted by atomic mass is 10.0. The van der Waals surface area contributed by atoms with Crippen LogP contribution in [0.2, 0.25) is 0 Å². The largest absolute Gasteiger partial charge is 0.617 e. The van der Waals surface area contributed by atoms with Crippen molar-refractivity contribution in [1.29, 1.82) is 0 Å². The number of thiazole rings is 1. The van der Waals surface area contributed by atoms with E-state index in [1.165, 1.54) is 0 Å². The summed E-state index contributed by atoms with van der Waals surface area (Å²) in [6.07, 6.45) is 0. The second kappa shape index (κ2) is 4.06. The van der Waals surface area contributed by atoms with E-state index < -0.39 is 0 Å². The van der Waals surface area contributed by atoms with Crippen molar-refractivity contribution >= 4 is 21.6 Å². The van der Waals surface area contributed by atoms with Crippen molar-refractivity contribution in [3.63, 3.8) is 0 Å². The number of hydrogen-bond acceptors (Lipinski definition) is 2. The highest BCUT2D eigenvalue weighted by molar-refractivity contribution is 7.18. The number of hydrogen-bond donors (Lipinski definition) is 0. The molecule has 0 N–H and O–H groups in total. The first-order valence-electron chi connectivity index (χ1n) is 5.67. The first-order valence-corrected chi connectivity index (χ1v) is 6.49. The van der Waals surface area contributed by atoms with Crippen LogP contribution in [0.5, 0.6) is 0 Å². The molecule has 0 unspecified atom stereocenters. The van der Waals surface area contributed by atoms with Crippen LogP contribution in [0, 0.1) is 5.21 Å². The molecule has 0 aliphatic rings. The molecule has 1 heterocycles. The smallest absolute Gasteiger partial charge is 0.252 e. The zero-order chi connectivity index (χ0) is 11.9. The highest BCUT2D eigenvalue weighted by Crippen LogP contribution is 2.30. The molecule has 2 rings (SSSR count). The number of nitrogens with zero attached hydrogens (tertiary/aromatic N) is 1. The summed E-state index contributed by atoms with van der Waals surface area (Å²) in [6.45, 7) is 8.38. The number of rotatable bonds is 2. The van der Waals surface area contributed by atoms with E-state index in [-0.39, 0.29) is 5.92 Å². The van der Waals surface area contributed by atoms with Crippen molar-refractivity contribution in [2.24, 2.45) is 0 Å². The Hall–Kier alpha value is -1.09. The number of benzene rings is 1. The number of aromatic nitrogens is 1. The van der Waals surface area contributed by atoms with E-state index in [9.17, 15) is 5.21 Å². The maximum absolute atomic E-state index is 12.2. The molecule has 0 aliphatic heterocycles. The molecule has 2 nitrogen and oxygen atoms in total. The summed E-state index contributed by atoms with van der Waals surface area (Å²) in [5.74, 6) is 0.674. The molecule has 0 radical (unpaired) electrons. The minimum atomic E-state index is 0.287. The van der Waals surface area contributed by atoms with E-state index >= 15 is 0 Å².